The molecule has 0 amide bonds. The van der Waals surface area contributed by atoms with Crippen molar-refractivity contribution in [3.8, 4) is 0 Å². The fraction of sp³-hybridized carbons (Fsp3) is 1.00. The molecule has 0 aliphatic carbocycles. The number of rotatable bonds is 4. The summed E-state index contributed by atoms with van der Waals surface area (Å²) in [5.41, 5.74) is 5.80. The standard InChI is InChI=1S/C8H17NO4S2/c1-15(11,12)5-4-14(10)8-6-13-3-2-7(8)9/h7-8H,2-6,9H2,1H3. The number of hydrogen-bond donors (Lipinski definition) is 1. The second-order valence-corrected chi connectivity index (χ2v) is 7.82. The zero-order valence-corrected chi connectivity index (χ0v) is 10.4. The fourth-order valence-electron chi connectivity index (χ4n) is 1.38. The van der Waals surface area contributed by atoms with Gasteiger partial charge in [0.25, 0.3) is 0 Å². The average molecular weight is 255 g/mol. The summed E-state index contributed by atoms with van der Waals surface area (Å²) in [5, 5.41) is -0.222. The topological polar surface area (TPSA) is 86.5 Å². The van der Waals surface area contributed by atoms with Crippen molar-refractivity contribution in [2.24, 2.45) is 5.73 Å². The SMILES string of the molecule is CS(=O)(=O)CCS(=O)C1COCCC1N. The Morgan fingerprint density at radius 1 is 1.53 bits per heavy atom. The maximum Gasteiger partial charge on any atom is 0.148 e. The smallest absolute Gasteiger partial charge is 0.148 e. The molecule has 15 heavy (non-hydrogen) atoms. The van der Waals surface area contributed by atoms with Gasteiger partial charge in [0, 0.05) is 35.5 Å². The lowest BCUT2D eigenvalue weighted by molar-refractivity contribution is 0.0904. The summed E-state index contributed by atoms with van der Waals surface area (Å²) < 4.78 is 38.7. The maximum atomic E-state index is 11.7. The summed E-state index contributed by atoms with van der Waals surface area (Å²) in [7, 11) is -4.26. The zero-order valence-electron chi connectivity index (χ0n) is 8.72. The molecule has 1 fully saturated rings. The van der Waals surface area contributed by atoms with Crippen LogP contribution in [-0.4, -0.2) is 54.9 Å². The van der Waals surface area contributed by atoms with E-state index in [0.717, 1.165) is 6.26 Å². The minimum Gasteiger partial charge on any atom is -0.380 e. The van der Waals surface area contributed by atoms with Crippen molar-refractivity contribution in [3.05, 3.63) is 0 Å². The molecule has 0 bridgehead atoms. The van der Waals surface area contributed by atoms with Gasteiger partial charge in [0.15, 0.2) is 0 Å². The van der Waals surface area contributed by atoms with E-state index in [0.29, 0.717) is 19.6 Å². The van der Waals surface area contributed by atoms with Crippen molar-refractivity contribution in [1.82, 2.24) is 0 Å². The van der Waals surface area contributed by atoms with Gasteiger partial charge in [-0.15, -0.1) is 0 Å². The van der Waals surface area contributed by atoms with Crippen LogP contribution in [0.2, 0.25) is 0 Å². The summed E-state index contributed by atoms with van der Waals surface area (Å²) in [6.07, 6.45) is 1.83. The molecule has 0 aromatic carbocycles. The number of sulfone groups is 1. The molecule has 7 heteroatoms. The van der Waals surface area contributed by atoms with Gasteiger partial charge in [0.1, 0.15) is 9.84 Å². The van der Waals surface area contributed by atoms with Gasteiger partial charge in [-0.2, -0.15) is 0 Å². The van der Waals surface area contributed by atoms with Gasteiger partial charge in [0.2, 0.25) is 0 Å². The summed E-state index contributed by atoms with van der Waals surface area (Å²) >= 11 is 0. The molecule has 0 aromatic heterocycles. The zero-order chi connectivity index (χ0) is 11.5. The normalized spacial score (nSPS) is 30.0. The molecular formula is C8H17NO4S2. The first-order chi connectivity index (χ1) is 6.90. The Balaban J connectivity index is 2.45. The third kappa shape index (κ3) is 4.58. The van der Waals surface area contributed by atoms with Crippen LogP contribution < -0.4 is 5.73 Å². The lowest BCUT2D eigenvalue weighted by Gasteiger charge is -2.27. The number of ether oxygens (including phenoxy) is 1. The first-order valence-electron chi connectivity index (χ1n) is 4.78. The van der Waals surface area contributed by atoms with E-state index in [9.17, 15) is 12.6 Å². The highest BCUT2D eigenvalue weighted by Gasteiger charge is 2.28. The molecule has 1 saturated heterocycles. The predicted molar refractivity (Wildman–Crippen MR) is 59.9 cm³/mol. The highest BCUT2D eigenvalue weighted by molar-refractivity contribution is 7.92. The van der Waals surface area contributed by atoms with E-state index in [1.54, 1.807) is 0 Å². The Labute approximate surface area is 92.7 Å². The highest BCUT2D eigenvalue weighted by atomic mass is 32.2. The third-order valence-electron chi connectivity index (χ3n) is 2.35. The van der Waals surface area contributed by atoms with Gasteiger partial charge in [-0.1, -0.05) is 0 Å². The van der Waals surface area contributed by atoms with Crippen LogP contribution in [0.15, 0.2) is 0 Å². The molecule has 3 unspecified atom stereocenters. The molecule has 1 aliphatic heterocycles. The molecule has 1 heterocycles. The molecule has 1 rings (SSSR count). The van der Waals surface area contributed by atoms with Crippen LogP contribution in [0.25, 0.3) is 0 Å². The predicted octanol–water partition coefficient (Wildman–Crippen LogP) is -1.10. The second-order valence-electron chi connectivity index (χ2n) is 3.78. The summed E-state index contributed by atoms with van der Waals surface area (Å²) in [6, 6.07) is -0.140. The van der Waals surface area contributed by atoms with Crippen molar-refractivity contribution >= 4 is 20.6 Å². The van der Waals surface area contributed by atoms with E-state index in [-0.39, 0.29) is 22.8 Å². The van der Waals surface area contributed by atoms with Crippen LogP contribution in [0.3, 0.4) is 0 Å². The first-order valence-corrected chi connectivity index (χ1v) is 8.22. The van der Waals surface area contributed by atoms with E-state index >= 15 is 0 Å². The largest absolute Gasteiger partial charge is 0.380 e. The summed E-state index contributed by atoms with van der Waals surface area (Å²) in [4.78, 5) is 0. The Kier molecular flexibility index (Phi) is 4.69. The molecule has 0 aromatic rings. The van der Waals surface area contributed by atoms with Gasteiger partial charge in [-0.25, -0.2) is 8.42 Å². The molecule has 1 aliphatic rings. The van der Waals surface area contributed by atoms with Crippen molar-refractivity contribution in [2.45, 2.75) is 17.7 Å². The molecule has 2 N–H and O–H groups in total. The van der Waals surface area contributed by atoms with E-state index in [1.807, 2.05) is 0 Å². The quantitative estimate of drug-likeness (QED) is 0.689. The van der Waals surface area contributed by atoms with E-state index < -0.39 is 20.6 Å². The maximum absolute atomic E-state index is 11.7. The molecule has 0 spiro atoms. The monoisotopic (exact) mass is 255 g/mol. The Morgan fingerprint density at radius 3 is 2.73 bits per heavy atom. The Bertz CT molecular complexity index is 328. The van der Waals surface area contributed by atoms with Gasteiger partial charge >= 0.3 is 0 Å². The van der Waals surface area contributed by atoms with Crippen LogP contribution >= 0.6 is 0 Å². The van der Waals surface area contributed by atoms with Crippen molar-refractivity contribution in [2.75, 3.05) is 31.0 Å². The van der Waals surface area contributed by atoms with Crippen LogP contribution in [0, 0.1) is 0 Å². The summed E-state index contributed by atoms with van der Waals surface area (Å²) in [6.45, 7) is 0.971. The van der Waals surface area contributed by atoms with Crippen molar-refractivity contribution < 1.29 is 17.4 Å². The molecule has 0 saturated carbocycles. The van der Waals surface area contributed by atoms with Crippen LogP contribution in [0.1, 0.15) is 6.42 Å². The minimum atomic E-state index is -3.05. The first kappa shape index (κ1) is 13.1. The van der Waals surface area contributed by atoms with Gasteiger partial charge < -0.3 is 10.5 Å². The van der Waals surface area contributed by atoms with Crippen molar-refractivity contribution in [1.29, 1.82) is 0 Å². The number of nitrogens with two attached hydrogens (primary N) is 1. The molecule has 3 atom stereocenters. The Hall–Kier alpha value is 0.0200. The minimum absolute atomic E-state index is 0.0527. The molecular weight excluding hydrogens is 238 g/mol. The van der Waals surface area contributed by atoms with Crippen LogP contribution in [0.4, 0.5) is 0 Å². The van der Waals surface area contributed by atoms with Crippen LogP contribution in [-0.2, 0) is 25.4 Å². The van der Waals surface area contributed by atoms with Gasteiger partial charge in [-0.3, -0.25) is 4.21 Å². The van der Waals surface area contributed by atoms with Crippen LogP contribution in [0.5, 0.6) is 0 Å². The lowest BCUT2D eigenvalue weighted by Crippen LogP contribution is -2.46. The number of hydrogen-bond acceptors (Lipinski definition) is 5. The van der Waals surface area contributed by atoms with E-state index in [1.165, 1.54) is 0 Å². The van der Waals surface area contributed by atoms with E-state index in [2.05, 4.69) is 0 Å². The van der Waals surface area contributed by atoms with E-state index in [4.69, 9.17) is 10.5 Å². The molecule has 0 radical (unpaired) electrons. The molecule has 5 nitrogen and oxygen atoms in total. The van der Waals surface area contributed by atoms with Crippen molar-refractivity contribution in [3.63, 3.8) is 0 Å². The van der Waals surface area contributed by atoms with Gasteiger partial charge in [0.05, 0.1) is 17.6 Å². The average Bonchev–Trinajstić information content (AvgIpc) is 2.14. The third-order valence-corrected chi connectivity index (χ3v) is 5.32. The summed E-state index contributed by atoms with van der Waals surface area (Å²) in [5.74, 6) is 0.101. The fourth-order valence-corrected chi connectivity index (χ4v) is 4.33. The van der Waals surface area contributed by atoms with Gasteiger partial charge in [-0.05, 0) is 6.42 Å². The Morgan fingerprint density at radius 2 is 2.20 bits per heavy atom. The second kappa shape index (κ2) is 5.38. The lowest BCUT2D eigenvalue weighted by atomic mass is 10.1. The highest BCUT2D eigenvalue weighted by Crippen LogP contribution is 2.12. The molecule has 90 valence electrons.